The van der Waals surface area contributed by atoms with Crippen LogP contribution in [0.2, 0.25) is 0 Å². The van der Waals surface area contributed by atoms with E-state index in [1.54, 1.807) is 17.1 Å². The molecule has 76 valence electrons. The number of benzene rings is 1. The molecule has 0 fully saturated rings. The maximum absolute atomic E-state index is 10.7. The topological polar surface area (TPSA) is 68.0 Å². The first-order valence-electron chi connectivity index (χ1n) is 4.06. The number of rotatable bonds is 2. The zero-order valence-electron chi connectivity index (χ0n) is 7.46. The van der Waals surface area contributed by atoms with Crippen molar-refractivity contribution in [1.82, 2.24) is 14.8 Å². The molecule has 0 aliphatic rings. The first kappa shape index (κ1) is 9.85. The Balaban J connectivity index is 2.48. The van der Waals surface area contributed by atoms with Gasteiger partial charge in [-0.2, -0.15) is 5.10 Å². The number of aromatic nitrogens is 3. The standard InChI is InChI=1S/C9H6BrN3O2/c10-7-3-6(9(14)15)1-2-8(7)13-5-11-4-12-13/h1-5H,(H,14,15). The molecule has 0 amide bonds. The minimum Gasteiger partial charge on any atom is -0.478 e. The van der Waals surface area contributed by atoms with Crippen molar-refractivity contribution in [2.45, 2.75) is 0 Å². The van der Waals surface area contributed by atoms with Crippen molar-refractivity contribution in [2.75, 3.05) is 0 Å². The van der Waals surface area contributed by atoms with E-state index in [9.17, 15) is 4.79 Å². The van der Waals surface area contributed by atoms with Crippen molar-refractivity contribution in [3.8, 4) is 5.69 Å². The summed E-state index contributed by atoms with van der Waals surface area (Å²) in [6.45, 7) is 0. The minimum absolute atomic E-state index is 0.228. The molecule has 0 atom stereocenters. The summed E-state index contributed by atoms with van der Waals surface area (Å²) < 4.78 is 2.21. The monoisotopic (exact) mass is 267 g/mol. The highest BCUT2D eigenvalue weighted by molar-refractivity contribution is 9.10. The van der Waals surface area contributed by atoms with Crippen molar-refractivity contribution in [3.63, 3.8) is 0 Å². The lowest BCUT2D eigenvalue weighted by molar-refractivity contribution is 0.0697. The van der Waals surface area contributed by atoms with Crippen molar-refractivity contribution in [3.05, 3.63) is 40.9 Å². The fourth-order valence-electron chi connectivity index (χ4n) is 1.16. The number of carboxylic acid groups (broad SMARTS) is 1. The number of nitrogens with zero attached hydrogens (tertiary/aromatic N) is 3. The van der Waals surface area contributed by atoms with E-state index in [1.807, 2.05) is 0 Å². The van der Waals surface area contributed by atoms with Gasteiger partial charge in [0.2, 0.25) is 0 Å². The van der Waals surface area contributed by atoms with Gasteiger partial charge in [0.05, 0.1) is 11.3 Å². The zero-order chi connectivity index (χ0) is 10.8. The third kappa shape index (κ3) is 1.89. The molecule has 2 aromatic rings. The molecular weight excluding hydrogens is 262 g/mol. The smallest absolute Gasteiger partial charge is 0.335 e. The molecule has 0 aliphatic heterocycles. The number of carbonyl (C=O) groups is 1. The summed E-state index contributed by atoms with van der Waals surface area (Å²) in [5.74, 6) is -0.958. The second kappa shape index (κ2) is 3.82. The number of hydrogen-bond donors (Lipinski definition) is 1. The maximum atomic E-state index is 10.7. The molecule has 1 N–H and O–H groups in total. The van der Waals surface area contributed by atoms with E-state index in [-0.39, 0.29) is 5.56 Å². The molecule has 0 unspecified atom stereocenters. The fraction of sp³-hybridized carbons (Fsp3) is 0. The summed E-state index contributed by atoms with van der Waals surface area (Å²) >= 11 is 3.28. The molecule has 0 bridgehead atoms. The molecule has 6 heteroatoms. The molecule has 0 spiro atoms. The van der Waals surface area contributed by atoms with Gasteiger partial charge in [0.1, 0.15) is 12.7 Å². The highest BCUT2D eigenvalue weighted by Crippen LogP contribution is 2.21. The number of hydrogen-bond acceptors (Lipinski definition) is 3. The van der Waals surface area contributed by atoms with E-state index in [1.165, 1.54) is 18.5 Å². The predicted octanol–water partition coefficient (Wildman–Crippen LogP) is 1.73. The Morgan fingerprint density at radius 3 is 2.80 bits per heavy atom. The van der Waals surface area contributed by atoms with Crippen molar-refractivity contribution < 1.29 is 9.90 Å². The summed E-state index contributed by atoms with van der Waals surface area (Å²) in [5, 5.41) is 12.7. The van der Waals surface area contributed by atoms with Gasteiger partial charge in [0, 0.05) is 4.47 Å². The Hall–Kier alpha value is -1.69. The third-order valence-electron chi connectivity index (χ3n) is 1.86. The van der Waals surface area contributed by atoms with Crippen LogP contribution in [0.15, 0.2) is 35.3 Å². The van der Waals surface area contributed by atoms with Crippen molar-refractivity contribution >= 4 is 21.9 Å². The van der Waals surface area contributed by atoms with Crippen LogP contribution in [0.3, 0.4) is 0 Å². The van der Waals surface area contributed by atoms with Crippen LogP contribution in [0.25, 0.3) is 5.69 Å². The van der Waals surface area contributed by atoms with E-state index in [2.05, 4.69) is 26.0 Å². The molecule has 1 heterocycles. The maximum Gasteiger partial charge on any atom is 0.335 e. The zero-order valence-corrected chi connectivity index (χ0v) is 9.05. The lowest BCUT2D eigenvalue weighted by atomic mass is 10.2. The molecule has 0 saturated carbocycles. The average molecular weight is 268 g/mol. The Morgan fingerprint density at radius 1 is 1.47 bits per heavy atom. The first-order valence-corrected chi connectivity index (χ1v) is 4.85. The third-order valence-corrected chi connectivity index (χ3v) is 2.50. The van der Waals surface area contributed by atoms with Crippen LogP contribution in [0, 0.1) is 0 Å². The highest BCUT2D eigenvalue weighted by Gasteiger charge is 2.07. The summed E-state index contributed by atoms with van der Waals surface area (Å²) in [6, 6.07) is 4.71. The van der Waals surface area contributed by atoms with Crippen LogP contribution in [0.5, 0.6) is 0 Å². The molecular formula is C9H6BrN3O2. The quantitative estimate of drug-likeness (QED) is 0.900. The van der Waals surface area contributed by atoms with E-state index in [0.717, 1.165) is 5.69 Å². The Labute approximate surface area is 93.5 Å². The first-order chi connectivity index (χ1) is 7.18. The SMILES string of the molecule is O=C(O)c1ccc(-n2cncn2)c(Br)c1. The van der Waals surface area contributed by atoms with Gasteiger partial charge in [-0.3, -0.25) is 0 Å². The Morgan fingerprint density at radius 2 is 2.27 bits per heavy atom. The van der Waals surface area contributed by atoms with Gasteiger partial charge < -0.3 is 5.11 Å². The average Bonchev–Trinajstić information content (AvgIpc) is 2.70. The molecule has 2 rings (SSSR count). The lowest BCUT2D eigenvalue weighted by Crippen LogP contribution is -2.00. The van der Waals surface area contributed by atoms with Crippen LogP contribution in [-0.4, -0.2) is 25.8 Å². The van der Waals surface area contributed by atoms with Gasteiger partial charge >= 0.3 is 5.97 Å². The van der Waals surface area contributed by atoms with E-state index in [4.69, 9.17) is 5.11 Å². The van der Waals surface area contributed by atoms with E-state index >= 15 is 0 Å². The lowest BCUT2D eigenvalue weighted by Gasteiger charge is -2.04. The van der Waals surface area contributed by atoms with Gasteiger partial charge in [-0.05, 0) is 34.1 Å². The van der Waals surface area contributed by atoms with Gasteiger partial charge in [-0.15, -0.1) is 0 Å². The normalized spacial score (nSPS) is 10.2. The van der Waals surface area contributed by atoms with Gasteiger partial charge in [-0.1, -0.05) is 0 Å². The van der Waals surface area contributed by atoms with Crippen molar-refractivity contribution in [2.24, 2.45) is 0 Å². The molecule has 5 nitrogen and oxygen atoms in total. The summed E-state index contributed by atoms with van der Waals surface area (Å²) in [7, 11) is 0. The molecule has 1 aromatic heterocycles. The van der Waals surface area contributed by atoms with Crippen LogP contribution >= 0.6 is 15.9 Å². The Kier molecular flexibility index (Phi) is 2.51. The number of aromatic carboxylic acids is 1. The van der Waals surface area contributed by atoms with Crippen molar-refractivity contribution in [1.29, 1.82) is 0 Å². The van der Waals surface area contributed by atoms with Crippen LogP contribution in [-0.2, 0) is 0 Å². The molecule has 1 aromatic carbocycles. The number of carboxylic acids is 1. The fourth-order valence-corrected chi connectivity index (χ4v) is 1.72. The largest absolute Gasteiger partial charge is 0.478 e. The van der Waals surface area contributed by atoms with Crippen LogP contribution < -0.4 is 0 Å². The minimum atomic E-state index is -0.958. The van der Waals surface area contributed by atoms with E-state index < -0.39 is 5.97 Å². The van der Waals surface area contributed by atoms with Crippen LogP contribution in [0.1, 0.15) is 10.4 Å². The molecule has 15 heavy (non-hydrogen) atoms. The molecule has 0 saturated heterocycles. The van der Waals surface area contributed by atoms with E-state index in [0.29, 0.717) is 4.47 Å². The summed E-state index contributed by atoms with van der Waals surface area (Å²) in [5.41, 5.74) is 0.975. The van der Waals surface area contributed by atoms with Gasteiger partial charge in [0.25, 0.3) is 0 Å². The predicted molar refractivity (Wildman–Crippen MR) is 56.0 cm³/mol. The van der Waals surface area contributed by atoms with Gasteiger partial charge in [0.15, 0.2) is 0 Å². The summed E-state index contributed by atoms with van der Waals surface area (Å²) in [6.07, 6.45) is 2.96. The van der Waals surface area contributed by atoms with Gasteiger partial charge in [-0.25, -0.2) is 14.5 Å². The second-order valence-corrected chi connectivity index (χ2v) is 3.67. The number of halogens is 1. The second-order valence-electron chi connectivity index (χ2n) is 2.81. The molecule has 0 aliphatic carbocycles. The van der Waals surface area contributed by atoms with Crippen LogP contribution in [0.4, 0.5) is 0 Å². The molecule has 0 radical (unpaired) electrons. The Bertz CT molecular complexity index is 496. The highest BCUT2D eigenvalue weighted by atomic mass is 79.9. The summed E-state index contributed by atoms with van der Waals surface area (Å²) in [4.78, 5) is 14.5.